The molecule has 0 saturated heterocycles. The Morgan fingerprint density at radius 2 is 2.00 bits per heavy atom. The summed E-state index contributed by atoms with van der Waals surface area (Å²) in [7, 11) is -3.61. The van der Waals surface area contributed by atoms with E-state index < -0.39 is 10.0 Å². The summed E-state index contributed by atoms with van der Waals surface area (Å²) in [5.74, 6) is -0.163. The summed E-state index contributed by atoms with van der Waals surface area (Å²) >= 11 is 0. The van der Waals surface area contributed by atoms with Crippen molar-refractivity contribution in [3.8, 4) is 0 Å². The fourth-order valence-corrected chi connectivity index (χ4v) is 2.96. The molecule has 1 amide bonds. The van der Waals surface area contributed by atoms with Gasteiger partial charge >= 0.3 is 0 Å². The first-order valence-corrected chi connectivity index (χ1v) is 7.97. The molecule has 0 heterocycles. The van der Waals surface area contributed by atoms with Gasteiger partial charge in [0.05, 0.1) is 4.90 Å². The van der Waals surface area contributed by atoms with Gasteiger partial charge in [0.2, 0.25) is 15.9 Å². The number of nitrogen functional groups attached to an aromatic ring is 1. The molecule has 0 aliphatic rings. The van der Waals surface area contributed by atoms with Crippen molar-refractivity contribution in [1.82, 2.24) is 10.0 Å². The second kappa shape index (κ2) is 7.25. The molecule has 0 radical (unpaired) electrons. The highest BCUT2D eigenvalue weighted by Crippen LogP contribution is 2.17. The zero-order chi connectivity index (χ0) is 15.2. The van der Waals surface area contributed by atoms with Gasteiger partial charge in [0.1, 0.15) is 0 Å². The molecule has 0 spiro atoms. The summed E-state index contributed by atoms with van der Waals surface area (Å²) in [5.41, 5.74) is 6.68. The Morgan fingerprint density at radius 3 is 2.60 bits per heavy atom. The van der Waals surface area contributed by atoms with Gasteiger partial charge in [-0.05, 0) is 37.1 Å². The summed E-state index contributed by atoms with van der Waals surface area (Å²) in [5, 5.41) is 2.69. The van der Waals surface area contributed by atoms with Gasteiger partial charge in [0, 0.05) is 25.2 Å². The predicted octanol–water partition coefficient (Wildman–Crippen LogP) is 0.772. The van der Waals surface area contributed by atoms with Gasteiger partial charge in [-0.1, -0.05) is 6.92 Å². The third-order valence-electron chi connectivity index (χ3n) is 2.70. The Labute approximate surface area is 119 Å². The smallest absolute Gasteiger partial charge is 0.240 e. The molecule has 7 heteroatoms. The Balaban J connectivity index is 2.60. The molecule has 1 aromatic carbocycles. The Kier molecular flexibility index (Phi) is 5.97. The van der Waals surface area contributed by atoms with Crippen molar-refractivity contribution in [2.75, 3.05) is 18.8 Å². The number of hydrogen-bond donors (Lipinski definition) is 3. The average Bonchev–Trinajstić information content (AvgIpc) is 2.35. The van der Waals surface area contributed by atoms with Crippen LogP contribution in [0.4, 0.5) is 5.69 Å². The van der Waals surface area contributed by atoms with Crippen molar-refractivity contribution < 1.29 is 13.2 Å². The molecule has 0 fully saturated rings. The van der Waals surface area contributed by atoms with E-state index >= 15 is 0 Å². The van der Waals surface area contributed by atoms with Gasteiger partial charge < -0.3 is 11.1 Å². The fraction of sp³-hybridized carbons (Fsp3) is 0.462. The summed E-state index contributed by atoms with van der Waals surface area (Å²) < 4.78 is 26.6. The number of hydrogen-bond acceptors (Lipinski definition) is 4. The fourth-order valence-electron chi connectivity index (χ4n) is 1.70. The van der Waals surface area contributed by atoms with E-state index in [2.05, 4.69) is 10.0 Å². The molecule has 1 rings (SSSR count). The molecule has 1 aromatic rings. The summed E-state index contributed by atoms with van der Waals surface area (Å²) in [4.78, 5) is 11.6. The van der Waals surface area contributed by atoms with Crippen LogP contribution in [-0.4, -0.2) is 27.4 Å². The van der Waals surface area contributed by atoms with Gasteiger partial charge in [0.25, 0.3) is 0 Å². The van der Waals surface area contributed by atoms with Crippen LogP contribution in [0.1, 0.15) is 25.3 Å². The highest BCUT2D eigenvalue weighted by molar-refractivity contribution is 7.89. The van der Waals surface area contributed by atoms with Crippen LogP contribution in [0.25, 0.3) is 0 Å². The molecule has 4 N–H and O–H groups in total. The lowest BCUT2D eigenvalue weighted by Crippen LogP contribution is -2.31. The second-order valence-corrected chi connectivity index (χ2v) is 6.26. The van der Waals surface area contributed by atoms with E-state index in [-0.39, 0.29) is 23.8 Å². The second-order valence-electron chi connectivity index (χ2n) is 4.52. The molecule has 0 saturated carbocycles. The normalized spacial score (nSPS) is 11.3. The van der Waals surface area contributed by atoms with E-state index in [1.165, 1.54) is 12.1 Å². The monoisotopic (exact) mass is 299 g/mol. The largest absolute Gasteiger partial charge is 0.399 e. The molecule has 6 nitrogen and oxygen atoms in total. The highest BCUT2D eigenvalue weighted by atomic mass is 32.2. The number of anilines is 1. The molecular weight excluding hydrogens is 278 g/mol. The van der Waals surface area contributed by atoms with Crippen molar-refractivity contribution in [2.45, 2.75) is 31.6 Å². The Hall–Kier alpha value is -1.60. The minimum atomic E-state index is -3.61. The van der Waals surface area contributed by atoms with E-state index in [9.17, 15) is 13.2 Å². The quantitative estimate of drug-likeness (QED) is 0.647. The van der Waals surface area contributed by atoms with E-state index in [1.807, 2.05) is 6.92 Å². The van der Waals surface area contributed by atoms with E-state index in [0.29, 0.717) is 17.8 Å². The minimum absolute atomic E-state index is 0.0711. The maximum atomic E-state index is 12.1. The summed E-state index contributed by atoms with van der Waals surface area (Å²) in [6, 6.07) is 4.60. The van der Waals surface area contributed by atoms with Crippen LogP contribution in [0, 0.1) is 6.92 Å². The van der Waals surface area contributed by atoms with Crippen LogP contribution in [0.2, 0.25) is 0 Å². The number of benzene rings is 1. The maximum Gasteiger partial charge on any atom is 0.240 e. The average molecular weight is 299 g/mol. The van der Waals surface area contributed by atoms with E-state index in [1.54, 1.807) is 13.0 Å². The van der Waals surface area contributed by atoms with Crippen LogP contribution in [0.3, 0.4) is 0 Å². The van der Waals surface area contributed by atoms with Gasteiger partial charge in [-0.2, -0.15) is 0 Å². The van der Waals surface area contributed by atoms with E-state index in [4.69, 9.17) is 5.73 Å². The highest BCUT2D eigenvalue weighted by Gasteiger charge is 2.16. The Morgan fingerprint density at radius 1 is 1.30 bits per heavy atom. The van der Waals surface area contributed by atoms with Crippen LogP contribution in [0.15, 0.2) is 23.1 Å². The zero-order valence-corrected chi connectivity index (χ0v) is 12.6. The number of amides is 1. The van der Waals surface area contributed by atoms with E-state index in [0.717, 1.165) is 6.42 Å². The number of rotatable bonds is 7. The van der Waals surface area contributed by atoms with Crippen LogP contribution < -0.4 is 15.8 Å². The van der Waals surface area contributed by atoms with Gasteiger partial charge in [-0.15, -0.1) is 0 Å². The first-order chi connectivity index (χ1) is 9.36. The third-order valence-corrected chi connectivity index (χ3v) is 4.33. The molecule has 0 aliphatic heterocycles. The molecule has 0 bridgehead atoms. The molecule has 0 atom stereocenters. The van der Waals surface area contributed by atoms with Gasteiger partial charge in [0.15, 0.2) is 0 Å². The summed E-state index contributed by atoms with van der Waals surface area (Å²) in [6.45, 7) is 4.30. The number of aryl methyl sites for hydroxylation is 1. The minimum Gasteiger partial charge on any atom is -0.399 e. The Bertz CT molecular complexity index is 570. The number of nitrogens with one attached hydrogen (secondary N) is 2. The lowest BCUT2D eigenvalue weighted by molar-refractivity contribution is -0.120. The van der Waals surface area contributed by atoms with Crippen molar-refractivity contribution >= 4 is 21.6 Å². The number of carbonyl (C=O) groups is 1. The van der Waals surface area contributed by atoms with Crippen molar-refractivity contribution in [1.29, 1.82) is 0 Å². The summed E-state index contributed by atoms with van der Waals surface area (Å²) in [6.07, 6.45) is 0.968. The lowest BCUT2D eigenvalue weighted by atomic mass is 10.2. The first-order valence-electron chi connectivity index (χ1n) is 6.49. The molecule has 0 unspecified atom stereocenters. The topological polar surface area (TPSA) is 101 Å². The van der Waals surface area contributed by atoms with Crippen molar-refractivity contribution in [3.05, 3.63) is 23.8 Å². The molecule has 112 valence electrons. The van der Waals surface area contributed by atoms with Crippen molar-refractivity contribution in [3.63, 3.8) is 0 Å². The standard InChI is InChI=1S/C13H21N3O3S/c1-3-7-15-13(17)6-8-16-20(18,19)12-5-4-11(14)9-10(12)2/h4-5,9,16H,3,6-8,14H2,1-2H3,(H,15,17). The van der Waals surface area contributed by atoms with Crippen LogP contribution in [0.5, 0.6) is 0 Å². The first kappa shape index (κ1) is 16.5. The maximum absolute atomic E-state index is 12.1. The number of nitrogens with two attached hydrogens (primary N) is 1. The van der Waals surface area contributed by atoms with Crippen LogP contribution >= 0.6 is 0 Å². The number of sulfonamides is 1. The van der Waals surface area contributed by atoms with Gasteiger partial charge in [-0.25, -0.2) is 13.1 Å². The molecular formula is C13H21N3O3S. The SMILES string of the molecule is CCCNC(=O)CCNS(=O)(=O)c1ccc(N)cc1C. The van der Waals surface area contributed by atoms with Gasteiger partial charge in [-0.3, -0.25) is 4.79 Å². The number of carbonyl (C=O) groups excluding carboxylic acids is 1. The zero-order valence-electron chi connectivity index (χ0n) is 11.8. The predicted molar refractivity (Wildman–Crippen MR) is 78.7 cm³/mol. The molecule has 20 heavy (non-hydrogen) atoms. The molecule has 0 aromatic heterocycles. The van der Waals surface area contributed by atoms with Crippen molar-refractivity contribution in [2.24, 2.45) is 0 Å². The lowest BCUT2D eigenvalue weighted by Gasteiger charge is -2.10. The van der Waals surface area contributed by atoms with Crippen LogP contribution in [-0.2, 0) is 14.8 Å². The third kappa shape index (κ3) is 4.82. The molecule has 0 aliphatic carbocycles.